The molecule has 4 N–H and O–H groups in total. The lowest BCUT2D eigenvalue weighted by molar-refractivity contribution is -0.138. The molecule has 0 radical (unpaired) electrons. The molecule has 1 aliphatic rings. The summed E-state index contributed by atoms with van der Waals surface area (Å²) in [4.78, 5) is 28.5. The van der Waals surface area contributed by atoms with Crippen LogP contribution in [0.5, 0.6) is 11.5 Å². The molecule has 3 unspecified atom stereocenters. The first-order valence-electron chi connectivity index (χ1n) is 14.1. The number of rotatable bonds is 15. The highest BCUT2D eigenvalue weighted by Crippen LogP contribution is 2.37. The van der Waals surface area contributed by atoms with E-state index in [1.807, 2.05) is 30.3 Å². The van der Waals surface area contributed by atoms with Crippen molar-refractivity contribution < 1.29 is 34.4 Å². The third-order valence-corrected chi connectivity index (χ3v) is 7.91. The number of nitrogens with zero attached hydrogens (tertiary/aromatic N) is 1. The van der Waals surface area contributed by atoms with Crippen molar-refractivity contribution in [2.45, 2.75) is 70.3 Å². The maximum atomic E-state index is 13.7. The molecule has 0 aromatic heterocycles. The molecule has 224 valence electrons. The molecule has 0 saturated heterocycles. The van der Waals surface area contributed by atoms with E-state index in [0.717, 1.165) is 31.2 Å². The number of carbonyl (C=O) groups is 2. The fourth-order valence-electron chi connectivity index (χ4n) is 4.95. The van der Waals surface area contributed by atoms with Crippen LogP contribution in [-0.2, 0) is 22.6 Å². The van der Waals surface area contributed by atoms with Crippen LogP contribution in [0, 0.1) is 3.57 Å². The van der Waals surface area contributed by atoms with Crippen LogP contribution in [0.2, 0.25) is 0 Å². The Kier molecular flexibility index (Phi) is 13.4. The summed E-state index contributed by atoms with van der Waals surface area (Å²) in [6, 6.07) is 12.2. The van der Waals surface area contributed by atoms with E-state index in [1.54, 1.807) is 23.1 Å². The maximum absolute atomic E-state index is 13.7. The zero-order valence-corrected chi connectivity index (χ0v) is 25.9. The van der Waals surface area contributed by atoms with Gasteiger partial charge in [-0.2, -0.15) is 0 Å². The molecule has 2 aromatic rings. The highest BCUT2D eigenvalue weighted by Gasteiger charge is 2.40. The van der Waals surface area contributed by atoms with E-state index in [2.05, 4.69) is 34.8 Å². The normalized spacial score (nSPS) is 18.4. The topological polar surface area (TPSA) is 129 Å². The second kappa shape index (κ2) is 16.7. The van der Waals surface area contributed by atoms with Crippen molar-refractivity contribution in [3.05, 3.63) is 68.8 Å². The number of amides is 2. The summed E-state index contributed by atoms with van der Waals surface area (Å²) in [5.74, 6) is 0.230. The van der Waals surface area contributed by atoms with Crippen LogP contribution in [0.1, 0.15) is 50.2 Å². The lowest BCUT2D eigenvalue weighted by Gasteiger charge is -2.41. The van der Waals surface area contributed by atoms with Gasteiger partial charge in [0.25, 0.3) is 0 Å². The number of nitrogens with one attached hydrogen (secondary N) is 1. The van der Waals surface area contributed by atoms with Crippen LogP contribution in [-0.4, -0.2) is 77.1 Å². The lowest BCUT2D eigenvalue weighted by atomic mass is 9.87. The highest BCUT2D eigenvalue weighted by atomic mass is 127. The molecule has 0 aliphatic heterocycles. The number of aliphatic hydroxyl groups is 3. The number of ether oxygens (including phenoxy) is 2. The molecule has 1 aliphatic carbocycles. The summed E-state index contributed by atoms with van der Waals surface area (Å²) in [7, 11) is 1.49. The van der Waals surface area contributed by atoms with Crippen molar-refractivity contribution >= 4 is 34.4 Å². The van der Waals surface area contributed by atoms with Crippen LogP contribution < -0.4 is 14.8 Å². The molecule has 0 bridgehead atoms. The summed E-state index contributed by atoms with van der Waals surface area (Å²) in [6.45, 7) is 2.26. The van der Waals surface area contributed by atoms with Crippen molar-refractivity contribution in [3.63, 3.8) is 0 Å². The van der Waals surface area contributed by atoms with Gasteiger partial charge in [-0.25, -0.2) is 0 Å². The van der Waals surface area contributed by atoms with Gasteiger partial charge in [-0.05, 0) is 58.3 Å². The van der Waals surface area contributed by atoms with Gasteiger partial charge in [0, 0.05) is 25.1 Å². The third kappa shape index (κ3) is 9.16. The molecule has 10 heteroatoms. The Hall–Kier alpha value is -2.67. The third-order valence-electron chi connectivity index (χ3n) is 7.11. The molecule has 2 aromatic carbocycles. The Morgan fingerprint density at radius 1 is 1.10 bits per heavy atom. The molecular formula is C31H41IN2O7. The molecule has 3 atom stereocenters. The number of benzene rings is 2. The van der Waals surface area contributed by atoms with Gasteiger partial charge in [0.2, 0.25) is 11.8 Å². The van der Waals surface area contributed by atoms with Crippen LogP contribution in [0.15, 0.2) is 54.1 Å². The summed E-state index contributed by atoms with van der Waals surface area (Å²) in [5, 5.41) is 33.2. The number of unbranched alkanes of at least 4 members (excludes halogenated alkanes) is 3. The maximum Gasteiger partial charge on any atom is 0.247 e. The Labute approximate surface area is 255 Å². The number of carbonyl (C=O) groups excluding carboxylic acids is 2. The Morgan fingerprint density at radius 3 is 2.51 bits per heavy atom. The minimum Gasteiger partial charge on any atom is -0.493 e. The number of halogens is 1. The fraction of sp³-hybridized carbons (Fsp3) is 0.484. The predicted molar refractivity (Wildman–Crippen MR) is 165 cm³/mol. The van der Waals surface area contributed by atoms with Gasteiger partial charge in [0.15, 0.2) is 11.5 Å². The highest BCUT2D eigenvalue weighted by molar-refractivity contribution is 14.1. The lowest BCUT2D eigenvalue weighted by Crippen LogP contribution is -2.55. The van der Waals surface area contributed by atoms with Crippen molar-refractivity contribution in [1.82, 2.24) is 10.2 Å². The fourth-order valence-corrected chi connectivity index (χ4v) is 5.74. The quantitative estimate of drug-likeness (QED) is 0.168. The number of methoxy groups -OCH3 is 1. The van der Waals surface area contributed by atoms with Crippen LogP contribution in [0.4, 0.5) is 0 Å². The van der Waals surface area contributed by atoms with Gasteiger partial charge < -0.3 is 35.0 Å². The van der Waals surface area contributed by atoms with E-state index in [0.29, 0.717) is 32.8 Å². The Morgan fingerprint density at radius 2 is 1.85 bits per heavy atom. The molecule has 3 rings (SSSR count). The smallest absolute Gasteiger partial charge is 0.247 e. The zero-order chi connectivity index (χ0) is 29.8. The van der Waals surface area contributed by atoms with Gasteiger partial charge in [0.1, 0.15) is 12.2 Å². The van der Waals surface area contributed by atoms with Crippen molar-refractivity contribution in [3.8, 4) is 11.5 Å². The van der Waals surface area contributed by atoms with Crippen molar-refractivity contribution in [1.29, 1.82) is 0 Å². The van der Waals surface area contributed by atoms with Gasteiger partial charge >= 0.3 is 0 Å². The molecule has 0 spiro atoms. The summed E-state index contributed by atoms with van der Waals surface area (Å²) < 4.78 is 12.5. The molecule has 9 nitrogen and oxygen atoms in total. The first kappa shape index (κ1) is 32.8. The summed E-state index contributed by atoms with van der Waals surface area (Å²) in [6.07, 6.45) is 3.61. The van der Waals surface area contributed by atoms with E-state index < -0.39 is 18.2 Å². The molecular weight excluding hydrogens is 639 g/mol. The SMILES string of the molecule is CCCCCCN(C(=O)Cc1ccccc1)C1CC(C(=O)NCCO)=CC(Oc2c(I)cc(CO)cc2OC)C1O. The molecule has 2 amide bonds. The number of hydrogen-bond donors (Lipinski definition) is 4. The average molecular weight is 681 g/mol. The van der Waals surface area contributed by atoms with E-state index in [1.165, 1.54) is 7.11 Å². The number of aliphatic hydroxyl groups excluding tert-OH is 3. The van der Waals surface area contributed by atoms with E-state index >= 15 is 0 Å². The standard InChI is InChI=1S/C31H41IN2O7/c1-3-4-5-9-13-34(28(37)17-21-10-7-6-8-11-21)25-18-23(31(39)33-12-14-35)19-26(29(25)38)41-30-24(32)15-22(20-36)16-27(30)40-2/h6-8,10-11,15-16,19,25-26,29,35-36,38H,3-5,9,12-14,17-18,20H2,1-2H3,(H,33,39). The average Bonchev–Trinajstić information content (AvgIpc) is 2.98. The van der Waals surface area contributed by atoms with Crippen molar-refractivity contribution in [2.75, 3.05) is 26.8 Å². The van der Waals surface area contributed by atoms with Gasteiger partial charge in [-0.1, -0.05) is 56.5 Å². The van der Waals surface area contributed by atoms with Crippen molar-refractivity contribution in [2.24, 2.45) is 0 Å². The minimum atomic E-state index is -1.13. The molecule has 0 saturated carbocycles. The monoisotopic (exact) mass is 680 g/mol. The van der Waals surface area contributed by atoms with Crippen LogP contribution >= 0.6 is 22.6 Å². The van der Waals surface area contributed by atoms with Gasteiger partial charge in [-0.15, -0.1) is 0 Å². The first-order valence-corrected chi connectivity index (χ1v) is 15.2. The predicted octanol–water partition coefficient (Wildman–Crippen LogP) is 3.36. The van der Waals surface area contributed by atoms with E-state index in [-0.39, 0.29) is 44.4 Å². The van der Waals surface area contributed by atoms with Gasteiger partial charge in [-0.3, -0.25) is 9.59 Å². The first-order chi connectivity index (χ1) is 19.8. The Bertz CT molecular complexity index is 1170. The van der Waals surface area contributed by atoms with Crippen LogP contribution in [0.25, 0.3) is 0 Å². The minimum absolute atomic E-state index is 0.0803. The second-order valence-corrected chi connectivity index (χ2v) is 11.3. The van der Waals surface area contributed by atoms with E-state index in [9.17, 15) is 24.9 Å². The molecule has 0 heterocycles. The Balaban J connectivity index is 1.98. The van der Waals surface area contributed by atoms with Gasteiger partial charge in [0.05, 0.1) is 36.4 Å². The summed E-state index contributed by atoms with van der Waals surface area (Å²) >= 11 is 2.08. The second-order valence-electron chi connectivity index (χ2n) is 10.1. The molecule has 0 fully saturated rings. The number of hydrogen-bond acceptors (Lipinski definition) is 7. The largest absolute Gasteiger partial charge is 0.493 e. The van der Waals surface area contributed by atoms with E-state index in [4.69, 9.17) is 9.47 Å². The summed E-state index contributed by atoms with van der Waals surface area (Å²) in [5.41, 5.74) is 1.88. The zero-order valence-electron chi connectivity index (χ0n) is 23.7. The molecule has 41 heavy (non-hydrogen) atoms. The van der Waals surface area contributed by atoms with Crippen LogP contribution in [0.3, 0.4) is 0 Å².